The normalized spacial score (nSPS) is 18.0. The van der Waals surface area contributed by atoms with Crippen molar-refractivity contribution in [2.24, 2.45) is 0 Å². The summed E-state index contributed by atoms with van der Waals surface area (Å²) in [5, 5.41) is 9.09. The van der Waals surface area contributed by atoms with E-state index < -0.39 is 0 Å². The van der Waals surface area contributed by atoms with Gasteiger partial charge in [-0.05, 0) is 31.0 Å². The van der Waals surface area contributed by atoms with Crippen LogP contribution in [0.5, 0.6) is 0 Å². The van der Waals surface area contributed by atoms with Crippen LogP contribution < -0.4 is 14.7 Å². The molecule has 8 heteroatoms. The third kappa shape index (κ3) is 3.99. The summed E-state index contributed by atoms with van der Waals surface area (Å²) >= 11 is 0. The molecule has 0 saturated carbocycles. The molecule has 0 aromatic carbocycles. The SMILES string of the molecule is CN(c1ccnc(N2CCOCC2)n1)C1CCN(c2cc(C#N)ccn2)CC1. The Kier molecular flexibility index (Phi) is 5.53. The molecular weight excluding hydrogens is 354 g/mol. The molecule has 2 aliphatic heterocycles. The minimum atomic E-state index is 0.419. The Morgan fingerprint density at radius 2 is 1.82 bits per heavy atom. The predicted molar refractivity (Wildman–Crippen MR) is 108 cm³/mol. The minimum Gasteiger partial charge on any atom is -0.378 e. The molecule has 2 aromatic heterocycles. The highest BCUT2D eigenvalue weighted by Gasteiger charge is 2.25. The van der Waals surface area contributed by atoms with Crippen molar-refractivity contribution >= 4 is 17.6 Å². The Balaban J connectivity index is 1.40. The van der Waals surface area contributed by atoms with Gasteiger partial charge >= 0.3 is 0 Å². The zero-order chi connectivity index (χ0) is 19.3. The van der Waals surface area contributed by atoms with Crippen molar-refractivity contribution in [2.45, 2.75) is 18.9 Å². The van der Waals surface area contributed by atoms with Crippen LogP contribution in [0, 0.1) is 11.3 Å². The summed E-state index contributed by atoms with van der Waals surface area (Å²) in [6.45, 7) is 4.95. The van der Waals surface area contributed by atoms with Crippen molar-refractivity contribution in [3.8, 4) is 6.07 Å². The first-order valence-electron chi connectivity index (χ1n) is 9.74. The van der Waals surface area contributed by atoms with E-state index in [4.69, 9.17) is 15.0 Å². The molecule has 0 aliphatic carbocycles. The van der Waals surface area contributed by atoms with Gasteiger partial charge in [-0.25, -0.2) is 9.97 Å². The molecule has 0 spiro atoms. The van der Waals surface area contributed by atoms with Gasteiger partial charge in [-0.1, -0.05) is 0 Å². The summed E-state index contributed by atoms with van der Waals surface area (Å²) < 4.78 is 5.42. The molecule has 0 bridgehead atoms. The van der Waals surface area contributed by atoms with Crippen LogP contribution in [0.3, 0.4) is 0 Å². The maximum absolute atomic E-state index is 9.09. The number of ether oxygens (including phenoxy) is 1. The van der Waals surface area contributed by atoms with E-state index >= 15 is 0 Å². The van der Waals surface area contributed by atoms with Crippen LogP contribution >= 0.6 is 0 Å². The van der Waals surface area contributed by atoms with Crippen molar-refractivity contribution in [1.82, 2.24) is 15.0 Å². The molecule has 8 nitrogen and oxygen atoms in total. The molecule has 146 valence electrons. The van der Waals surface area contributed by atoms with E-state index in [-0.39, 0.29) is 0 Å². The number of pyridine rings is 1. The lowest BCUT2D eigenvalue weighted by Crippen LogP contribution is -2.44. The second kappa shape index (κ2) is 8.40. The average molecular weight is 379 g/mol. The summed E-state index contributed by atoms with van der Waals surface area (Å²) in [5.41, 5.74) is 0.654. The second-order valence-corrected chi connectivity index (χ2v) is 7.16. The fourth-order valence-electron chi connectivity index (χ4n) is 3.78. The first-order chi connectivity index (χ1) is 13.7. The number of piperidine rings is 1. The van der Waals surface area contributed by atoms with Gasteiger partial charge in [-0.2, -0.15) is 10.2 Å². The van der Waals surface area contributed by atoms with E-state index in [0.717, 1.165) is 69.8 Å². The van der Waals surface area contributed by atoms with Crippen molar-refractivity contribution < 1.29 is 4.74 Å². The minimum absolute atomic E-state index is 0.419. The number of anilines is 3. The molecule has 2 aliphatic rings. The molecule has 4 heterocycles. The molecule has 0 unspecified atom stereocenters. The van der Waals surface area contributed by atoms with Crippen LogP contribution in [-0.2, 0) is 4.74 Å². The van der Waals surface area contributed by atoms with Gasteiger partial charge in [0.25, 0.3) is 0 Å². The highest BCUT2D eigenvalue weighted by Crippen LogP contribution is 2.24. The summed E-state index contributed by atoms with van der Waals surface area (Å²) in [4.78, 5) is 20.4. The van der Waals surface area contributed by atoms with E-state index in [1.165, 1.54) is 0 Å². The maximum Gasteiger partial charge on any atom is 0.227 e. The lowest BCUT2D eigenvalue weighted by atomic mass is 10.0. The number of aromatic nitrogens is 3. The fraction of sp³-hybridized carbons (Fsp3) is 0.500. The van der Waals surface area contributed by atoms with Gasteiger partial charge in [0.15, 0.2) is 0 Å². The average Bonchev–Trinajstić information content (AvgIpc) is 2.79. The van der Waals surface area contributed by atoms with Gasteiger partial charge in [0.2, 0.25) is 5.95 Å². The summed E-state index contributed by atoms with van der Waals surface area (Å²) in [7, 11) is 2.11. The molecular formula is C20H25N7O. The van der Waals surface area contributed by atoms with E-state index in [2.05, 4.69) is 37.8 Å². The van der Waals surface area contributed by atoms with Crippen LogP contribution in [0.15, 0.2) is 30.6 Å². The summed E-state index contributed by atoms with van der Waals surface area (Å²) in [5.74, 6) is 2.62. The first kappa shape index (κ1) is 18.4. The molecule has 2 aromatic rings. The monoisotopic (exact) mass is 379 g/mol. The highest BCUT2D eigenvalue weighted by atomic mass is 16.5. The van der Waals surface area contributed by atoms with Crippen molar-refractivity contribution in [1.29, 1.82) is 5.26 Å². The Morgan fingerprint density at radius 3 is 2.57 bits per heavy atom. The number of hydrogen-bond donors (Lipinski definition) is 0. The van der Waals surface area contributed by atoms with E-state index in [1.807, 2.05) is 18.3 Å². The number of rotatable bonds is 4. The number of nitriles is 1. The van der Waals surface area contributed by atoms with Crippen LogP contribution in [0.4, 0.5) is 17.6 Å². The number of hydrogen-bond acceptors (Lipinski definition) is 8. The first-order valence-corrected chi connectivity index (χ1v) is 9.74. The highest BCUT2D eigenvalue weighted by molar-refractivity contribution is 5.47. The fourth-order valence-corrected chi connectivity index (χ4v) is 3.78. The number of morpholine rings is 1. The molecule has 2 fully saturated rings. The molecule has 28 heavy (non-hydrogen) atoms. The lowest BCUT2D eigenvalue weighted by molar-refractivity contribution is 0.122. The Morgan fingerprint density at radius 1 is 1.07 bits per heavy atom. The van der Waals surface area contributed by atoms with Gasteiger partial charge in [-0.15, -0.1) is 0 Å². The molecule has 0 radical (unpaired) electrons. The van der Waals surface area contributed by atoms with Gasteiger partial charge in [0.05, 0.1) is 24.8 Å². The third-order valence-electron chi connectivity index (χ3n) is 5.49. The van der Waals surface area contributed by atoms with Crippen molar-refractivity contribution in [3.05, 3.63) is 36.2 Å². The lowest BCUT2D eigenvalue weighted by Gasteiger charge is -2.38. The topological polar surface area (TPSA) is 81.4 Å². The standard InChI is InChI=1S/C20H25N7O/c1-25(18-3-7-23-20(24-18)27-10-12-28-13-11-27)17-4-8-26(9-5-17)19-14-16(15-21)2-6-22-19/h2-3,6-7,14,17H,4-5,8-13H2,1H3. The Hall–Kier alpha value is -2.92. The van der Waals surface area contributed by atoms with E-state index in [9.17, 15) is 0 Å². The van der Waals surface area contributed by atoms with Crippen molar-refractivity contribution in [2.75, 3.05) is 61.1 Å². The molecule has 0 atom stereocenters. The van der Waals surface area contributed by atoms with Crippen LogP contribution in [0.1, 0.15) is 18.4 Å². The Bertz CT molecular complexity index is 838. The van der Waals surface area contributed by atoms with Gasteiger partial charge in [0, 0.05) is 51.7 Å². The Labute approximate surface area is 165 Å². The van der Waals surface area contributed by atoms with Crippen molar-refractivity contribution in [3.63, 3.8) is 0 Å². The molecule has 0 N–H and O–H groups in total. The maximum atomic E-state index is 9.09. The third-order valence-corrected chi connectivity index (χ3v) is 5.49. The quantitative estimate of drug-likeness (QED) is 0.794. The molecule has 0 amide bonds. The molecule has 2 saturated heterocycles. The second-order valence-electron chi connectivity index (χ2n) is 7.16. The number of nitrogens with zero attached hydrogens (tertiary/aromatic N) is 7. The van der Waals surface area contributed by atoms with Crippen LogP contribution in [0.25, 0.3) is 0 Å². The zero-order valence-electron chi connectivity index (χ0n) is 16.2. The van der Waals surface area contributed by atoms with Gasteiger partial charge < -0.3 is 19.4 Å². The largest absolute Gasteiger partial charge is 0.378 e. The van der Waals surface area contributed by atoms with E-state index in [1.54, 1.807) is 12.3 Å². The summed E-state index contributed by atoms with van der Waals surface area (Å²) in [6, 6.07) is 8.19. The zero-order valence-corrected chi connectivity index (χ0v) is 16.2. The summed E-state index contributed by atoms with van der Waals surface area (Å²) in [6.07, 6.45) is 5.59. The predicted octanol–water partition coefficient (Wildman–Crippen LogP) is 1.69. The van der Waals surface area contributed by atoms with Crippen LogP contribution in [0.2, 0.25) is 0 Å². The van der Waals surface area contributed by atoms with Gasteiger partial charge in [0.1, 0.15) is 11.6 Å². The molecule has 4 rings (SSSR count). The van der Waals surface area contributed by atoms with Gasteiger partial charge in [-0.3, -0.25) is 0 Å². The smallest absolute Gasteiger partial charge is 0.227 e. The van der Waals surface area contributed by atoms with E-state index in [0.29, 0.717) is 11.6 Å². The van der Waals surface area contributed by atoms with Crippen LogP contribution in [-0.4, -0.2) is 67.4 Å².